The number of rotatable bonds is 4. The van der Waals surface area contributed by atoms with E-state index in [-0.39, 0.29) is 37.0 Å². The summed E-state index contributed by atoms with van der Waals surface area (Å²) >= 11 is 0. The molecule has 1 saturated heterocycles. The zero-order valence-electron chi connectivity index (χ0n) is 10.4. The van der Waals surface area contributed by atoms with E-state index in [1.165, 1.54) is 0 Å². The molecule has 6 heteroatoms. The first-order valence-electron chi connectivity index (χ1n) is 5.96. The third-order valence-corrected chi connectivity index (χ3v) is 2.88. The van der Waals surface area contributed by atoms with Crippen LogP contribution >= 0.6 is 0 Å². The average Bonchev–Trinajstić information content (AvgIpc) is 2.35. The fourth-order valence-electron chi connectivity index (χ4n) is 1.84. The number of carbonyl (C=O) groups is 2. The third kappa shape index (κ3) is 3.98. The molecule has 98 valence electrons. The second kappa shape index (κ2) is 6.56. The molecule has 0 aromatic carbocycles. The molecule has 0 spiro atoms. The van der Waals surface area contributed by atoms with Crippen molar-refractivity contribution in [3.05, 3.63) is 0 Å². The van der Waals surface area contributed by atoms with Gasteiger partial charge in [0.15, 0.2) is 0 Å². The van der Waals surface area contributed by atoms with Crippen molar-refractivity contribution < 1.29 is 14.3 Å². The predicted molar refractivity (Wildman–Crippen MR) is 63.3 cm³/mol. The highest BCUT2D eigenvalue weighted by atomic mass is 16.5. The number of hydrogen-bond donors (Lipinski definition) is 2. The molecule has 0 aliphatic carbocycles. The smallest absolute Gasteiger partial charge is 0.242 e. The van der Waals surface area contributed by atoms with Crippen LogP contribution in [0.1, 0.15) is 20.3 Å². The van der Waals surface area contributed by atoms with Crippen LogP contribution in [0.4, 0.5) is 0 Å². The first kappa shape index (κ1) is 13.9. The molecule has 2 amide bonds. The molecule has 1 heterocycles. The molecule has 2 unspecified atom stereocenters. The summed E-state index contributed by atoms with van der Waals surface area (Å²) in [4.78, 5) is 24.7. The van der Waals surface area contributed by atoms with Crippen LogP contribution in [0.25, 0.3) is 0 Å². The molecule has 1 aliphatic rings. The van der Waals surface area contributed by atoms with Gasteiger partial charge in [0.2, 0.25) is 11.8 Å². The van der Waals surface area contributed by atoms with Crippen LogP contribution in [0.15, 0.2) is 0 Å². The zero-order valence-corrected chi connectivity index (χ0v) is 10.4. The highest BCUT2D eigenvalue weighted by Crippen LogP contribution is 2.14. The summed E-state index contributed by atoms with van der Waals surface area (Å²) in [6.45, 7) is 5.01. The van der Waals surface area contributed by atoms with E-state index in [2.05, 4.69) is 5.32 Å². The summed E-state index contributed by atoms with van der Waals surface area (Å²) in [5.74, 6) is -0.387. The van der Waals surface area contributed by atoms with Gasteiger partial charge in [-0.1, -0.05) is 6.92 Å². The SMILES string of the molecule is CCC1COC(C)CN1C(=O)CNC(=O)CN. The van der Waals surface area contributed by atoms with Crippen LogP contribution in [0, 0.1) is 0 Å². The van der Waals surface area contributed by atoms with E-state index < -0.39 is 0 Å². The molecular weight excluding hydrogens is 222 g/mol. The van der Waals surface area contributed by atoms with Gasteiger partial charge in [0.1, 0.15) is 0 Å². The van der Waals surface area contributed by atoms with E-state index >= 15 is 0 Å². The van der Waals surface area contributed by atoms with Crippen molar-refractivity contribution in [2.24, 2.45) is 5.73 Å². The Balaban J connectivity index is 2.49. The molecule has 0 aromatic rings. The fraction of sp³-hybridized carbons (Fsp3) is 0.818. The summed E-state index contributed by atoms with van der Waals surface area (Å²) in [6.07, 6.45) is 0.899. The number of nitrogens with zero attached hydrogens (tertiary/aromatic N) is 1. The third-order valence-electron chi connectivity index (χ3n) is 2.88. The van der Waals surface area contributed by atoms with Gasteiger partial charge in [-0.05, 0) is 13.3 Å². The van der Waals surface area contributed by atoms with Crippen LogP contribution in [0.2, 0.25) is 0 Å². The van der Waals surface area contributed by atoms with Crippen LogP contribution in [0.5, 0.6) is 0 Å². The molecule has 0 aromatic heterocycles. The van der Waals surface area contributed by atoms with Gasteiger partial charge in [-0.3, -0.25) is 9.59 Å². The molecule has 0 radical (unpaired) electrons. The quantitative estimate of drug-likeness (QED) is 0.669. The Labute approximate surface area is 101 Å². The molecule has 0 bridgehead atoms. The molecular formula is C11H21N3O3. The minimum absolute atomic E-state index is 0.0131. The molecule has 0 saturated carbocycles. The molecule has 6 nitrogen and oxygen atoms in total. The van der Waals surface area contributed by atoms with Crippen LogP contribution in [-0.2, 0) is 14.3 Å². The number of ether oxygens (including phenoxy) is 1. The maximum atomic E-state index is 11.9. The minimum atomic E-state index is -0.312. The number of carbonyl (C=O) groups excluding carboxylic acids is 2. The van der Waals surface area contributed by atoms with Crippen LogP contribution in [-0.4, -0.2) is 55.1 Å². The Hall–Kier alpha value is -1.14. The molecule has 3 N–H and O–H groups in total. The monoisotopic (exact) mass is 243 g/mol. The zero-order chi connectivity index (χ0) is 12.8. The number of morpholine rings is 1. The predicted octanol–water partition coefficient (Wildman–Crippen LogP) is -0.913. The summed E-state index contributed by atoms with van der Waals surface area (Å²) in [7, 11) is 0. The van der Waals surface area contributed by atoms with E-state index in [0.717, 1.165) is 6.42 Å². The first-order valence-corrected chi connectivity index (χ1v) is 5.96. The molecule has 1 rings (SSSR count). The van der Waals surface area contributed by atoms with E-state index in [1.54, 1.807) is 4.90 Å². The lowest BCUT2D eigenvalue weighted by Gasteiger charge is -2.38. The summed E-state index contributed by atoms with van der Waals surface area (Å²) in [5.41, 5.74) is 5.16. The number of hydrogen-bond acceptors (Lipinski definition) is 4. The normalized spacial score (nSPS) is 24.5. The van der Waals surface area contributed by atoms with Crippen molar-refractivity contribution >= 4 is 11.8 Å². The highest BCUT2D eigenvalue weighted by molar-refractivity contribution is 5.85. The van der Waals surface area contributed by atoms with Gasteiger partial charge >= 0.3 is 0 Å². The van der Waals surface area contributed by atoms with Gasteiger partial charge in [-0.25, -0.2) is 0 Å². The van der Waals surface area contributed by atoms with Crippen LogP contribution in [0.3, 0.4) is 0 Å². The Morgan fingerprint density at radius 1 is 1.53 bits per heavy atom. The standard InChI is InChI=1S/C11H21N3O3/c1-3-9-7-17-8(2)6-14(9)11(16)5-13-10(15)4-12/h8-9H,3-7,12H2,1-2H3,(H,13,15). The summed E-state index contributed by atoms with van der Waals surface area (Å²) in [5, 5.41) is 2.49. The topological polar surface area (TPSA) is 84.7 Å². The second-order valence-corrected chi connectivity index (χ2v) is 4.23. The second-order valence-electron chi connectivity index (χ2n) is 4.23. The molecule has 17 heavy (non-hydrogen) atoms. The van der Waals surface area contributed by atoms with Crippen molar-refractivity contribution in [3.63, 3.8) is 0 Å². The number of amides is 2. The highest BCUT2D eigenvalue weighted by Gasteiger charge is 2.29. The molecule has 1 aliphatic heterocycles. The fourth-order valence-corrected chi connectivity index (χ4v) is 1.84. The van der Waals surface area contributed by atoms with E-state index in [0.29, 0.717) is 13.2 Å². The maximum absolute atomic E-state index is 11.9. The van der Waals surface area contributed by atoms with Crippen molar-refractivity contribution in [2.45, 2.75) is 32.4 Å². The van der Waals surface area contributed by atoms with Gasteiger partial charge in [0.25, 0.3) is 0 Å². The number of nitrogens with two attached hydrogens (primary N) is 1. The van der Waals surface area contributed by atoms with Gasteiger partial charge in [-0.15, -0.1) is 0 Å². The summed E-state index contributed by atoms with van der Waals surface area (Å²) < 4.78 is 5.51. The van der Waals surface area contributed by atoms with Crippen molar-refractivity contribution in [2.75, 3.05) is 26.2 Å². The van der Waals surface area contributed by atoms with Crippen molar-refractivity contribution in [1.29, 1.82) is 0 Å². The Bertz CT molecular complexity index is 283. The first-order chi connectivity index (χ1) is 8.08. The molecule has 2 atom stereocenters. The Kier molecular flexibility index (Phi) is 5.37. The Morgan fingerprint density at radius 2 is 2.24 bits per heavy atom. The van der Waals surface area contributed by atoms with E-state index in [9.17, 15) is 9.59 Å². The summed E-state index contributed by atoms with van der Waals surface area (Å²) in [6, 6.07) is 0.105. The van der Waals surface area contributed by atoms with Crippen LogP contribution < -0.4 is 11.1 Å². The largest absolute Gasteiger partial charge is 0.375 e. The lowest BCUT2D eigenvalue weighted by atomic mass is 10.1. The maximum Gasteiger partial charge on any atom is 0.242 e. The lowest BCUT2D eigenvalue weighted by Crippen LogP contribution is -2.54. The Morgan fingerprint density at radius 3 is 2.82 bits per heavy atom. The van der Waals surface area contributed by atoms with E-state index in [4.69, 9.17) is 10.5 Å². The van der Waals surface area contributed by atoms with Gasteiger partial charge in [-0.2, -0.15) is 0 Å². The van der Waals surface area contributed by atoms with Gasteiger partial charge < -0.3 is 20.7 Å². The van der Waals surface area contributed by atoms with Gasteiger partial charge in [0.05, 0.1) is 31.8 Å². The lowest BCUT2D eigenvalue weighted by molar-refractivity contribution is -0.144. The van der Waals surface area contributed by atoms with Crippen molar-refractivity contribution in [1.82, 2.24) is 10.2 Å². The average molecular weight is 243 g/mol. The van der Waals surface area contributed by atoms with E-state index in [1.807, 2.05) is 13.8 Å². The molecule has 1 fully saturated rings. The van der Waals surface area contributed by atoms with Gasteiger partial charge in [0, 0.05) is 6.54 Å². The number of nitrogens with one attached hydrogen (secondary N) is 1. The van der Waals surface area contributed by atoms with Crippen molar-refractivity contribution in [3.8, 4) is 0 Å². The minimum Gasteiger partial charge on any atom is -0.375 e.